The van der Waals surface area contributed by atoms with Gasteiger partial charge in [0.05, 0.1) is 0 Å². The fourth-order valence-electron chi connectivity index (χ4n) is 0.845. The molecule has 0 unspecified atom stereocenters. The molecule has 0 aliphatic rings. The van der Waals surface area contributed by atoms with Gasteiger partial charge in [0.2, 0.25) is 0 Å². The van der Waals surface area contributed by atoms with Crippen LogP contribution in [0.5, 0.6) is 0 Å². The van der Waals surface area contributed by atoms with E-state index in [1.165, 1.54) is 0 Å². The van der Waals surface area contributed by atoms with Gasteiger partial charge in [-0.15, -0.1) is 0 Å². The molecule has 0 heterocycles. The molecule has 0 saturated heterocycles. The minimum Gasteiger partial charge on any atom is -0.206 e. The highest BCUT2D eigenvalue weighted by Gasteiger charge is 2.31. The number of hydrogen-bond acceptors (Lipinski definition) is 0. The minimum atomic E-state index is -2.55. The highest BCUT2D eigenvalue weighted by atomic mass is 19.3. The van der Waals surface area contributed by atoms with Crippen molar-refractivity contribution in [3.05, 3.63) is 12.2 Å². The van der Waals surface area contributed by atoms with E-state index in [0.29, 0.717) is 5.92 Å². The average Bonchev–Trinajstić information content (AvgIpc) is 1.97. The molecule has 0 saturated carbocycles. The lowest BCUT2D eigenvalue weighted by Crippen LogP contribution is -2.22. The molecule has 0 amide bonds. The van der Waals surface area contributed by atoms with E-state index in [1.807, 2.05) is 6.08 Å². The van der Waals surface area contributed by atoms with Crippen molar-refractivity contribution < 1.29 is 8.78 Å². The normalized spacial score (nSPS) is 13.5. The Bertz CT molecular complexity index is 157. The number of halogens is 2. The molecule has 0 radical (unpaired) electrons. The van der Waals surface area contributed by atoms with E-state index in [-0.39, 0.29) is 6.42 Å². The molecule has 0 spiro atoms. The average molecular weight is 190 g/mol. The van der Waals surface area contributed by atoms with E-state index in [1.54, 1.807) is 19.9 Å². The van der Waals surface area contributed by atoms with Gasteiger partial charge in [0, 0.05) is 12.3 Å². The Balaban J connectivity index is 3.80. The molecule has 0 N–H and O–H groups in total. The summed E-state index contributed by atoms with van der Waals surface area (Å²) < 4.78 is 26.0. The predicted molar refractivity (Wildman–Crippen MR) is 53.0 cm³/mol. The summed E-state index contributed by atoms with van der Waals surface area (Å²) in [6.45, 7) is 7.25. The van der Waals surface area contributed by atoms with Crippen LogP contribution in [0.1, 0.15) is 40.5 Å². The van der Waals surface area contributed by atoms with Crippen LogP contribution in [-0.4, -0.2) is 5.92 Å². The Morgan fingerprint density at radius 3 is 2.00 bits per heavy atom. The first kappa shape index (κ1) is 12.6. The second kappa shape index (κ2) is 5.36. The molecule has 0 fully saturated rings. The molecule has 0 aromatic carbocycles. The van der Waals surface area contributed by atoms with Crippen LogP contribution in [-0.2, 0) is 0 Å². The Kier molecular flexibility index (Phi) is 5.19. The second-order valence-corrected chi connectivity index (χ2v) is 4.22. The van der Waals surface area contributed by atoms with E-state index in [9.17, 15) is 8.78 Å². The fraction of sp³-hybridized carbons (Fsp3) is 0.818. The zero-order valence-corrected chi connectivity index (χ0v) is 8.98. The van der Waals surface area contributed by atoms with Crippen molar-refractivity contribution in [1.29, 1.82) is 0 Å². The van der Waals surface area contributed by atoms with Gasteiger partial charge < -0.3 is 0 Å². The van der Waals surface area contributed by atoms with Crippen molar-refractivity contribution in [2.75, 3.05) is 0 Å². The number of hydrogen-bond donors (Lipinski definition) is 0. The van der Waals surface area contributed by atoms with Crippen LogP contribution in [0, 0.1) is 11.8 Å². The smallest absolute Gasteiger partial charge is 0.206 e. The zero-order chi connectivity index (χ0) is 10.5. The third-order valence-corrected chi connectivity index (χ3v) is 2.01. The maximum absolute atomic E-state index is 13.0. The van der Waals surface area contributed by atoms with Gasteiger partial charge in [-0.1, -0.05) is 39.8 Å². The van der Waals surface area contributed by atoms with Crippen LogP contribution in [0.2, 0.25) is 0 Å². The fourth-order valence-corrected chi connectivity index (χ4v) is 0.845. The van der Waals surface area contributed by atoms with Crippen molar-refractivity contribution >= 4 is 0 Å². The van der Waals surface area contributed by atoms with Gasteiger partial charge in [-0.05, 0) is 12.3 Å². The van der Waals surface area contributed by atoms with Crippen LogP contribution in [0.3, 0.4) is 0 Å². The Morgan fingerprint density at radius 1 is 1.08 bits per heavy atom. The molecular weight excluding hydrogens is 170 g/mol. The summed E-state index contributed by atoms with van der Waals surface area (Å²) in [5.41, 5.74) is 0. The van der Waals surface area contributed by atoms with Gasteiger partial charge in [0.15, 0.2) is 0 Å². The summed E-state index contributed by atoms with van der Waals surface area (Å²) in [6.07, 6.45) is 4.20. The maximum Gasteiger partial charge on any atom is 0.253 e. The zero-order valence-electron chi connectivity index (χ0n) is 8.98. The van der Waals surface area contributed by atoms with Crippen LogP contribution >= 0.6 is 0 Å². The summed E-state index contributed by atoms with van der Waals surface area (Å²) in [6, 6.07) is 0. The molecule has 0 rings (SSSR count). The third kappa shape index (κ3) is 5.78. The van der Waals surface area contributed by atoms with Crippen LogP contribution in [0.25, 0.3) is 0 Å². The molecule has 78 valence electrons. The SMILES string of the molecule is CC(C)C/C=C/CC(F)(F)C(C)C. The molecule has 0 aliphatic heterocycles. The lowest BCUT2D eigenvalue weighted by atomic mass is 10.0. The molecule has 0 bridgehead atoms. The van der Waals surface area contributed by atoms with Gasteiger partial charge in [-0.25, -0.2) is 8.78 Å². The van der Waals surface area contributed by atoms with E-state index in [2.05, 4.69) is 13.8 Å². The van der Waals surface area contributed by atoms with Crippen molar-refractivity contribution in [1.82, 2.24) is 0 Å². The van der Waals surface area contributed by atoms with E-state index >= 15 is 0 Å². The number of rotatable bonds is 5. The topological polar surface area (TPSA) is 0 Å². The number of allylic oxidation sites excluding steroid dienone is 2. The van der Waals surface area contributed by atoms with Gasteiger partial charge in [0.1, 0.15) is 0 Å². The predicted octanol–water partition coefficient (Wildman–Crippen LogP) is 4.27. The van der Waals surface area contributed by atoms with E-state index in [0.717, 1.165) is 6.42 Å². The molecule has 0 nitrogen and oxygen atoms in total. The highest BCUT2D eigenvalue weighted by molar-refractivity contribution is 4.88. The van der Waals surface area contributed by atoms with Crippen molar-refractivity contribution in [2.45, 2.75) is 46.5 Å². The first-order valence-corrected chi connectivity index (χ1v) is 4.89. The van der Waals surface area contributed by atoms with Gasteiger partial charge in [-0.2, -0.15) is 0 Å². The summed E-state index contributed by atoms with van der Waals surface area (Å²) in [4.78, 5) is 0. The summed E-state index contributed by atoms with van der Waals surface area (Å²) in [5, 5.41) is 0. The Morgan fingerprint density at radius 2 is 1.62 bits per heavy atom. The maximum atomic E-state index is 13.0. The molecule has 0 aromatic rings. The van der Waals surface area contributed by atoms with Crippen LogP contribution < -0.4 is 0 Å². The quantitative estimate of drug-likeness (QED) is 0.568. The lowest BCUT2D eigenvalue weighted by molar-refractivity contribution is -0.0414. The van der Waals surface area contributed by atoms with E-state index < -0.39 is 11.8 Å². The van der Waals surface area contributed by atoms with Gasteiger partial charge >= 0.3 is 0 Å². The Labute approximate surface area is 80.0 Å². The summed E-state index contributed by atoms with van der Waals surface area (Å²) in [5.74, 6) is -2.58. The van der Waals surface area contributed by atoms with Crippen molar-refractivity contribution in [3.63, 3.8) is 0 Å². The third-order valence-electron chi connectivity index (χ3n) is 2.01. The Hall–Kier alpha value is -0.400. The van der Waals surface area contributed by atoms with Gasteiger partial charge in [0.25, 0.3) is 5.92 Å². The number of alkyl halides is 2. The second-order valence-electron chi connectivity index (χ2n) is 4.22. The minimum absolute atomic E-state index is 0.128. The highest BCUT2D eigenvalue weighted by Crippen LogP contribution is 2.28. The summed E-state index contributed by atoms with van der Waals surface area (Å²) >= 11 is 0. The van der Waals surface area contributed by atoms with Gasteiger partial charge in [-0.3, -0.25) is 0 Å². The largest absolute Gasteiger partial charge is 0.253 e. The molecular formula is C11H20F2. The molecule has 2 heteroatoms. The van der Waals surface area contributed by atoms with Crippen molar-refractivity contribution in [2.24, 2.45) is 11.8 Å². The molecule has 0 atom stereocenters. The summed E-state index contributed by atoms with van der Waals surface area (Å²) in [7, 11) is 0. The molecule has 13 heavy (non-hydrogen) atoms. The standard InChI is InChI=1S/C11H20F2/c1-9(2)7-5-6-8-11(12,13)10(3)4/h5-6,9-10H,7-8H2,1-4H3/b6-5+. The van der Waals surface area contributed by atoms with Crippen LogP contribution in [0.4, 0.5) is 8.78 Å². The first-order valence-electron chi connectivity index (χ1n) is 4.89. The molecule has 0 aromatic heterocycles. The van der Waals surface area contributed by atoms with Crippen molar-refractivity contribution in [3.8, 4) is 0 Å². The first-order chi connectivity index (χ1) is 5.86. The monoisotopic (exact) mass is 190 g/mol. The lowest BCUT2D eigenvalue weighted by Gasteiger charge is -2.18. The molecule has 0 aliphatic carbocycles. The van der Waals surface area contributed by atoms with E-state index in [4.69, 9.17) is 0 Å². The van der Waals surface area contributed by atoms with Crippen LogP contribution in [0.15, 0.2) is 12.2 Å².